The average molecular weight is 292 g/mol. The number of carboxylic acids is 1. The van der Waals surface area contributed by atoms with Crippen LogP contribution < -0.4 is 0 Å². The zero-order valence-corrected chi connectivity index (χ0v) is 14.3. The van der Waals surface area contributed by atoms with Gasteiger partial charge in [-0.25, -0.2) is 4.79 Å². The maximum Gasteiger partial charge on any atom is 0.339 e. The Bertz CT molecular complexity index is 549. The lowest BCUT2D eigenvalue weighted by molar-refractivity contribution is 0.0692. The molecule has 1 aromatic carbocycles. The van der Waals surface area contributed by atoms with Crippen molar-refractivity contribution < 1.29 is 15.0 Å². The Balaban J connectivity index is 3.75. The third-order valence-corrected chi connectivity index (χ3v) is 4.19. The fourth-order valence-corrected chi connectivity index (χ4v) is 3.08. The molecule has 1 rings (SSSR count). The van der Waals surface area contributed by atoms with E-state index in [0.29, 0.717) is 5.56 Å². The van der Waals surface area contributed by atoms with E-state index in [1.807, 2.05) is 6.07 Å². The van der Waals surface area contributed by atoms with Crippen molar-refractivity contribution in [1.82, 2.24) is 0 Å². The average Bonchev–Trinajstić information content (AvgIpc) is 2.25. The van der Waals surface area contributed by atoms with Crippen molar-refractivity contribution in [2.45, 2.75) is 72.1 Å². The van der Waals surface area contributed by atoms with Crippen LogP contribution in [0, 0.1) is 6.92 Å². The van der Waals surface area contributed by atoms with Crippen molar-refractivity contribution in [3.63, 3.8) is 0 Å². The molecule has 0 fully saturated rings. The minimum absolute atomic E-state index is 0.0432. The van der Waals surface area contributed by atoms with Crippen LogP contribution >= 0.6 is 0 Å². The van der Waals surface area contributed by atoms with Crippen LogP contribution in [0.2, 0.25) is 0 Å². The fourth-order valence-electron chi connectivity index (χ4n) is 3.08. The Labute approximate surface area is 128 Å². The number of phenols is 1. The van der Waals surface area contributed by atoms with Crippen LogP contribution in [0.4, 0.5) is 0 Å². The largest absolute Gasteiger partial charge is 0.507 e. The summed E-state index contributed by atoms with van der Waals surface area (Å²) in [7, 11) is 0. The summed E-state index contributed by atoms with van der Waals surface area (Å²) in [5.74, 6) is -1.14. The first kappa shape index (κ1) is 17.5. The van der Waals surface area contributed by atoms with Gasteiger partial charge in [-0.15, -0.1) is 0 Å². The van der Waals surface area contributed by atoms with Crippen LogP contribution in [0.1, 0.15) is 81.4 Å². The molecular formula is C18H28O3. The molecule has 0 unspecified atom stereocenters. The third kappa shape index (κ3) is 3.39. The van der Waals surface area contributed by atoms with E-state index in [1.165, 1.54) is 0 Å². The van der Waals surface area contributed by atoms with E-state index < -0.39 is 5.97 Å². The van der Waals surface area contributed by atoms with Crippen molar-refractivity contribution >= 4 is 5.97 Å². The monoisotopic (exact) mass is 292 g/mol. The Morgan fingerprint density at radius 3 is 2.05 bits per heavy atom. The lowest BCUT2D eigenvalue weighted by atomic mass is 9.74. The number of hydrogen-bond donors (Lipinski definition) is 2. The molecule has 0 radical (unpaired) electrons. The molecule has 0 atom stereocenters. The highest BCUT2D eigenvalue weighted by molar-refractivity contribution is 5.93. The summed E-state index contributed by atoms with van der Waals surface area (Å²) in [4.78, 5) is 11.6. The van der Waals surface area contributed by atoms with Crippen molar-refractivity contribution in [3.05, 3.63) is 28.3 Å². The topological polar surface area (TPSA) is 57.5 Å². The van der Waals surface area contributed by atoms with E-state index in [2.05, 4.69) is 41.5 Å². The maximum atomic E-state index is 11.6. The number of carboxylic acid groups (broad SMARTS) is 1. The first-order chi connectivity index (χ1) is 9.43. The van der Waals surface area contributed by atoms with Crippen LogP contribution in [-0.4, -0.2) is 16.2 Å². The van der Waals surface area contributed by atoms with Gasteiger partial charge in [0.25, 0.3) is 0 Å². The van der Waals surface area contributed by atoms with Gasteiger partial charge in [0.1, 0.15) is 11.3 Å². The van der Waals surface area contributed by atoms with Gasteiger partial charge in [0.15, 0.2) is 0 Å². The van der Waals surface area contributed by atoms with Crippen LogP contribution in [0.25, 0.3) is 0 Å². The number of aromatic hydroxyl groups is 1. The smallest absolute Gasteiger partial charge is 0.339 e. The van der Waals surface area contributed by atoms with Gasteiger partial charge in [-0.2, -0.15) is 0 Å². The lowest BCUT2D eigenvalue weighted by Crippen LogP contribution is -2.22. The molecule has 0 aliphatic rings. The molecule has 21 heavy (non-hydrogen) atoms. The Morgan fingerprint density at radius 1 is 1.14 bits per heavy atom. The minimum Gasteiger partial charge on any atom is -0.507 e. The normalized spacial score (nSPS) is 12.5. The van der Waals surface area contributed by atoms with Gasteiger partial charge in [-0.3, -0.25) is 0 Å². The first-order valence-electron chi connectivity index (χ1n) is 7.54. The van der Waals surface area contributed by atoms with E-state index in [9.17, 15) is 15.0 Å². The minimum atomic E-state index is -1.07. The number of aromatic carboxylic acids is 1. The van der Waals surface area contributed by atoms with Gasteiger partial charge < -0.3 is 10.2 Å². The molecule has 0 aliphatic heterocycles. The zero-order valence-electron chi connectivity index (χ0n) is 14.3. The zero-order chi connectivity index (χ0) is 16.6. The SMILES string of the molecule is CCCC(C)(C)c1cc(C(C)(C)C)c(C)c(C(=O)O)c1O. The molecule has 118 valence electrons. The van der Waals surface area contributed by atoms with E-state index in [4.69, 9.17) is 0 Å². The predicted molar refractivity (Wildman–Crippen MR) is 86.4 cm³/mol. The third-order valence-electron chi connectivity index (χ3n) is 4.19. The number of benzene rings is 1. The molecule has 0 saturated heterocycles. The number of rotatable bonds is 4. The van der Waals surface area contributed by atoms with E-state index in [0.717, 1.165) is 24.0 Å². The van der Waals surface area contributed by atoms with Crippen LogP contribution in [0.3, 0.4) is 0 Å². The number of hydrogen-bond acceptors (Lipinski definition) is 2. The quantitative estimate of drug-likeness (QED) is 0.840. The molecular weight excluding hydrogens is 264 g/mol. The van der Waals surface area contributed by atoms with Crippen molar-refractivity contribution in [2.75, 3.05) is 0 Å². The number of carbonyl (C=O) groups is 1. The van der Waals surface area contributed by atoms with Crippen molar-refractivity contribution in [3.8, 4) is 5.75 Å². The van der Waals surface area contributed by atoms with Crippen molar-refractivity contribution in [1.29, 1.82) is 0 Å². The van der Waals surface area contributed by atoms with E-state index in [-0.39, 0.29) is 22.1 Å². The summed E-state index contributed by atoms with van der Waals surface area (Å²) in [6.07, 6.45) is 1.87. The van der Waals surface area contributed by atoms with Gasteiger partial charge in [0.05, 0.1) is 0 Å². The molecule has 0 aliphatic carbocycles. The van der Waals surface area contributed by atoms with Crippen molar-refractivity contribution in [2.24, 2.45) is 0 Å². The summed E-state index contributed by atoms with van der Waals surface area (Å²) in [6.45, 7) is 14.2. The van der Waals surface area contributed by atoms with Gasteiger partial charge >= 0.3 is 5.97 Å². The van der Waals surface area contributed by atoms with Crippen LogP contribution in [0.5, 0.6) is 5.75 Å². The molecule has 0 amide bonds. The molecule has 0 bridgehead atoms. The summed E-state index contributed by atoms with van der Waals surface area (Å²) in [5, 5.41) is 20.0. The molecule has 1 aromatic rings. The first-order valence-corrected chi connectivity index (χ1v) is 7.54. The van der Waals surface area contributed by atoms with Crippen LogP contribution in [0.15, 0.2) is 6.07 Å². The van der Waals surface area contributed by atoms with Gasteiger partial charge in [0.2, 0.25) is 0 Å². The Kier molecular flexibility index (Phi) is 4.76. The second kappa shape index (κ2) is 5.70. The molecule has 0 aromatic heterocycles. The Morgan fingerprint density at radius 2 is 1.67 bits per heavy atom. The maximum absolute atomic E-state index is 11.6. The fraction of sp³-hybridized carbons (Fsp3) is 0.611. The van der Waals surface area contributed by atoms with Crippen LogP contribution in [-0.2, 0) is 10.8 Å². The highest BCUT2D eigenvalue weighted by Gasteiger charge is 2.31. The molecule has 0 saturated carbocycles. The van der Waals surface area contributed by atoms with E-state index >= 15 is 0 Å². The van der Waals surface area contributed by atoms with Gasteiger partial charge in [0, 0.05) is 5.56 Å². The molecule has 3 heteroatoms. The predicted octanol–water partition coefficient (Wildman–Crippen LogP) is 4.77. The summed E-state index contributed by atoms with van der Waals surface area (Å²) in [5.41, 5.74) is 2.00. The standard InChI is InChI=1S/C18H28O3/c1-8-9-18(6,7)13-10-12(17(3,4)5)11(2)14(15(13)19)16(20)21/h10,19H,8-9H2,1-7H3,(H,20,21). The second-order valence-electron chi connectivity index (χ2n) is 7.51. The molecule has 3 nitrogen and oxygen atoms in total. The molecule has 0 heterocycles. The highest BCUT2D eigenvalue weighted by atomic mass is 16.4. The second-order valence-corrected chi connectivity index (χ2v) is 7.51. The molecule has 0 spiro atoms. The summed E-state index contributed by atoms with van der Waals surface area (Å²) < 4.78 is 0. The van der Waals surface area contributed by atoms with E-state index in [1.54, 1.807) is 6.92 Å². The van der Waals surface area contributed by atoms with Gasteiger partial charge in [-0.1, -0.05) is 54.0 Å². The van der Waals surface area contributed by atoms with Gasteiger partial charge in [-0.05, 0) is 35.3 Å². The lowest BCUT2D eigenvalue weighted by Gasteiger charge is -2.31. The summed E-state index contributed by atoms with van der Waals surface area (Å²) >= 11 is 0. The highest BCUT2D eigenvalue weighted by Crippen LogP contribution is 2.42. The Hall–Kier alpha value is -1.51. The summed E-state index contributed by atoms with van der Waals surface area (Å²) in [6, 6.07) is 1.99. The molecule has 2 N–H and O–H groups in total.